The maximum absolute atomic E-state index is 6.19. The van der Waals surface area contributed by atoms with E-state index in [2.05, 4.69) is 19.2 Å². The van der Waals surface area contributed by atoms with Crippen LogP contribution in [0.25, 0.3) is 0 Å². The van der Waals surface area contributed by atoms with Crippen LogP contribution in [0.15, 0.2) is 91.0 Å². The van der Waals surface area contributed by atoms with Gasteiger partial charge in [-0.15, -0.1) is 0 Å². The molecular formula is C21H21IO3Ti. The molecule has 0 aliphatic rings. The van der Waals surface area contributed by atoms with E-state index in [0.717, 1.165) is 16.7 Å². The molecule has 0 unspecified atom stereocenters. The van der Waals surface area contributed by atoms with Crippen LogP contribution in [0.1, 0.15) is 16.7 Å². The first-order valence-corrected chi connectivity index (χ1v) is 15.4. The van der Waals surface area contributed by atoms with E-state index in [9.17, 15) is 0 Å². The topological polar surface area (TPSA) is 27.7 Å². The normalized spacial score (nSPS) is 11.4. The third-order valence-electron chi connectivity index (χ3n) is 3.76. The number of rotatable bonds is 9. The summed E-state index contributed by atoms with van der Waals surface area (Å²) in [6.45, 7) is 1.48. The Kier molecular flexibility index (Phi) is 7.86. The standard InChI is InChI=1S/3C7H7O.HI.Ti/c3*8-6-7-4-2-1-3-5-7;;/h3*1-5H,6H2;1H;/q3*-1;;+4/p-1. The molecule has 3 rings (SSSR count). The third kappa shape index (κ3) is 6.61. The van der Waals surface area contributed by atoms with Crippen molar-refractivity contribution in [1.82, 2.24) is 0 Å². The van der Waals surface area contributed by atoms with Crippen molar-refractivity contribution >= 4 is 19.2 Å². The molecule has 0 aliphatic heterocycles. The Bertz CT molecular complexity index is 663. The van der Waals surface area contributed by atoms with Crippen LogP contribution in [0.2, 0.25) is 0 Å². The van der Waals surface area contributed by atoms with Crippen LogP contribution in [0, 0.1) is 0 Å². The number of hydrogen-bond acceptors (Lipinski definition) is 3. The van der Waals surface area contributed by atoms with E-state index < -0.39 is 14.0 Å². The molecule has 0 radical (unpaired) electrons. The van der Waals surface area contributed by atoms with Crippen molar-refractivity contribution in [2.24, 2.45) is 0 Å². The van der Waals surface area contributed by atoms with E-state index >= 15 is 0 Å². The Balaban J connectivity index is 1.64. The second kappa shape index (κ2) is 10.4. The van der Waals surface area contributed by atoms with Gasteiger partial charge >= 0.3 is 171 Å². The zero-order valence-corrected chi connectivity index (χ0v) is 18.1. The van der Waals surface area contributed by atoms with Gasteiger partial charge in [0.05, 0.1) is 0 Å². The summed E-state index contributed by atoms with van der Waals surface area (Å²) in [7, 11) is 0. The number of benzene rings is 3. The maximum atomic E-state index is 6.19. The van der Waals surface area contributed by atoms with Gasteiger partial charge in [0.1, 0.15) is 0 Å². The first-order chi connectivity index (χ1) is 12.7. The van der Waals surface area contributed by atoms with E-state index in [1.54, 1.807) is 0 Å². The molecule has 0 heterocycles. The zero-order chi connectivity index (χ0) is 18.1. The Labute approximate surface area is 169 Å². The van der Waals surface area contributed by atoms with E-state index in [0.29, 0.717) is 19.8 Å². The van der Waals surface area contributed by atoms with Crippen molar-refractivity contribution < 1.29 is 24.0 Å². The van der Waals surface area contributed by atoms with Gasteiger partial charge in [0, 0.05) is 0 Å². The van der Waals surface area contributed by atoms with Crippen LogP contribution in [-0.2, 0) is 43.8 Å². The molecule has 0 saturated carbocycles. The van der Waals surface area contributed by atoms with Gasteiger partial charge in [0.25, 0.3) is 0 Å². The van der Waals surface area contributed by atoms with Crippen molar-refractivity contribution in [1.29, 1.82) is 0 Å². The van der Waals surface area contributed by atoms with Crippen molar-refractivity contribution in [3.8, 4) is 0 Å². The second-order valence-corrected chi connectivity index (χ2v) is 14.1. The summed E-state index contributed by atoms with van der Waals surface area (Å²) < 4.78 is 18.6. The molecule has 0 N–H and O–H groups in total. The molecule has 0 aliphatic carbocycles. The van der Waals surface area contributed by atoms with Gasteiger partial charge in [0.2, 0.25) is 0 Å². The van der Waals surface area contributed by atoms with E-state index in [1.807, 2.05) is 91.0 Å². The molecule has 3 aromatic rings. The first kappa shape index (κ1) is 19.7. The van der Waals surface area contributed by atoms with Gasteiger partial charge in [-0.05, 0) is 0 Å². The summed E-state index contributed by atoms with van der Waals surface area (Å²) in [6, 6.07) is 30.4. The van der Waals surface area contributed by atoms with Gasteiger partial charge in [0.15, 0.2) is 0 Å². The summed E-state index contributed by atoms with van der Waals surface area (Å²) in [5.74, 6) is 0. The predicted octanol–water partition coefficient (Wildman–Crippen LogP) is 5.89. The second-order valence-electron chi connectivity index (χ2n) is 5.80. The molecule has 3 aromatic carbocycles. The van der Waals surface area contributed by atoms with Crippen LogP contribution >= 0.6 is 19.2 Å². The van der Waals surface area contributed by atoms with E-state index in [1.165, 1.54) is 0 Å². The van der Waals surface area contributed by atoms with Crippen LogP contribution in [0.5, 0.6) is 0 Å². The van der Waals surface area contributed by atoms with Crippen LogP contribution in [-0.4, -0.2) is 0 Å². The van der Waals surface area contributed by atoms with Gasteiger partial charge < -0.3 is 0 Å². The Morgan fingerprint density at radius 2 is 0.769 bits per heavy atom. The average molecular weight is 496 g/mol. The molecule has 134 valence electrons. The fourth-order valence-corrected chi connectivity index (χ4v) is 6.26. The summed E-state index contributed by atoms with van der Waals surface area (Å²) >= 11 is -1.13. The minimum atomic E-state index is -3.41. The van der Waals surface area contributed by atoms with E-state index in [-0.39, 0.29) is 0 Å². The molecule has 0 amide bonds. The molecule has 0 bridgehead atoms. The zero-order valence-electron chi connectivity index (χ0n) is 14.4. The summed E-state index contributed by atoms with van der Waals surface area (Å²) in [6.07, 6.45) is 0. The Hall–Kier alpha value is -1.02. The quantitative estimate of drug-likeness (QED) is 0.274. The Morgan fingerprint density at radius 1 is 0.500 bits per heavy atom. The predicted molar refractivity (Wildman–Crippen MR) is 108 cm³/mol. The molecule has 0 fully saturated rings. The summed E-state index contributed by atoms with van der Waals surface area (Å²) in [5, 5.41) is 0. The monoisotopic (exact) mass is 496 g/mol. The summed E-state index contributed by atoms with van der Waals surface area (Å²) in [5.41, 5.74) is 3.35. The number of halogens is 1. The minimum absolute atomic E-state index is 0.493. The SMILES string of the molecule is [I][Ti]([O]Cc1ccccc1)([O]Cc1ccccc1)[O]Cc1ccccc1. The molecule has 0 spiro atoms. The molecule has 5 heteroatoms. The van der Waals surface area contributed by atoms with Gasteiger partial charge in [-0.1, -0.05) is 0 Å². The molecule has 0 saturated heterocycles. The fourth-order valence-electron chi connectivity index (χ4n) is 2.36. The van der Waals surface area contributed by atoms with Crippen LogP contribution in [0.3, 0.4) is 0 Å². The van der Waals surface area contributed by atoms with Crippen molar-refractivity contribution in [2.75, 3.05) is 0 Å². The van der Waals surface area contributed by atoms with Crippen LogP contribution in [0.4, 0.5) is 0 Å². The first-order valence-electron chi connectivity index (χ1n) is 8.46. The molecule has 3 nitrogen and oxygen atoms in total. The van der Waals surface area contributed by atoms with Crippen LogP contribution < -0.4 is 0 Å². The number of hydrogen-bond donors (Lipinski definition) is 0. The molecule has 0 atom stereocenters. The Morgan fingerprint density at radius 3 is 1.04 bits per heavy atom. The van der Waals surface area contributed by atoms with Gasteiger partial charge in [-0.25, -0.2) is 0 Å². The van der Waals surface area contributed by atoms with Crippen molar-refractivity contribution in [3.05, 3.63) is 108 Å². The van der Waals surface area contributed by atoms with Crippen molar-refractivity contribution in [2.45, 2.75) is 19.8 Å². The fraction of sp³-hybridized carbons (Fsp3) is 0.143. The van der Waals surface area contributed by atoms with E-state index in [4.69, 9.17) is 9.96 Å². The molecule has 0 aromatic heterocycles. The van der Waals surface area contributed by atoms with Gasteiger partial charge in [-0.3, -0.25) is 0 Å². The van der Waals surface area contributed by atoms with Crippen molar-refractivity contribution in [3.63, 3.8) is 0 Å². The molecular weight excluding hydrogens is 475 g/mol. The average Bonchev–Trinajstić information content (AvgIpc) is 2.72. The molecule has 26 heavy (non-hydrogen) atoms. The van der Waals surface area contributed by atoms with Gasteiger partial charge in [-0.2, -0.15) is 0 Å². The summed E-state index contributed by atoms with van der Waals surface area (Å²) in [4.78, 5) is 0. The third-order valence-corrected chi connectivity index (χ3v) is 9.91.